The standard InChI is InChI=1S/C62H46N4/c1-41-28-35-57-53(38-41)62(47-22-12-6-13-23-47,48-32-37-56-52(40-48)51-26-16-17-27-55(51)65(56)49-24-14-7-15-25-49)54-39-42(2)29-36-58(54)66(57)50-33-30-45(31-34-50)60-43(3)59(44-18-8-4-9-19-44)63-61(64-60)46-20-10-5-11-21-46/h4-40H,1-3H3. The van der Waals surface area contributed by atoms with Crippen molar-refractivity contribution in [3.8, 4) is 39.6 Å². The van der Waals surface area contributed by atoms with Gasteiger partial charge in [-0.3, -0.25) is 0 Å². The Bertz CT molecular complexity index is 3540. The first-order valence-electron chi connectivity index (χ1n) is 22.7. The normalized spacial score (nSPS) is 12.9. The molecule has 0 amide bonds. The van der Waals surface area contributed by atoms with Gasteiger partial charge in [0.25, 0.3) is 0 Å². The molecule has 0 saturated carbocycles. The average molecular weight is 847 g/mol. The van der Waals surface area contributed by atoms with Crippen molar-refractivity contribution in [2.45, 2.75) is 26.2 Å². The third-order valence-corrected chi connectivity index (χ3v) is 13.5. The van der Waals surface area contributed by atoms with Crippen molar-refractivity contribution in [2.24, 2.45) is 0 Å². The van der Waals surface area contributed by atoms with Crippen molar-refractivity contribution < 1.29 is 0 Å². The summed E-state index contributed by atoms with van der Waals surface area (Å²) in [7, 11) is 0. The number of aryl methyl sites for hydroxylation is 2. The molecule has 66 heavy (non-hydrogen) atoms. The zero-order valence-corrected chi connectivity index (χ0v) is 37.2. The maximum atomic E-state index is 5.25. The van der Waals surface area contributed by atoms with E-state index in [1.807, 2.05) is 24.3 Å². The molecule has 4 heteroatoms. The number of hydrogen-bond acceptors (Lipinski definition) is 3. The molecule has 0 aliphatic carbocycles. The molecule has 0 radical (unpaired) electrons. The van der Waals surface area contributed by atoms with Gasteiger partial charge in [0.2, 0.25) is 0 Å². The first-order valence-corrected chi connectivity index (χ1v) is 22.7. The van der Waals surface area contributed by atoms with Gasteiger partial charge in [0, 0.05) is 44.4 Å². The fourth-order valence-corrected chi connectivity index (χ4v) is 10.5. The van der Waals surface area contributed by atoms with Crippen molar-refractivity contribution in [3.63, 3.8) is 0 Å². The van der Waals surface area contributed by atoms with E-state index < -0.39 is 5.41 Å². The van der Waals surface area contributed by atoms with Gasteiger partial charge < -0.3 is 9.47 Å². The molecule has 0 N–H and O–H groups in total. The summed E-state index contributed by atoms with van der Waals surface area (Å²) in [4.78, 5) is 12.9. The molecule has 0 atom stereocenters. The van der Waals surface area contributed by atoms with Gasteiger partial charge in [-0.25, -0.2) is 9.97 Å². The second-order valence-electron chi connectivity index (χ2n) is 17.6. The quantitative estimate of drug-likeness (QED) is 0.160. The molecule has 12 rings (SSSR count). The molecule has 0 spiro atoms. The lowest BCUT2D eigenvalue weighted by atomic mass is 9.62. The predicted molar refractivity (Wildman–Crippen MR) is 273 cm³/mol. The van der Waals surface area contributed by atoms with E-state index in [0.29, 0.717) is 5.82 Å². The minimum atomic E-state index is -0.649. The summed E-state index contributed by atoms with van der Waals surface area (Å²) in [5.74, 6) is 0.712. The number of aromatic nitrogens is 3. The lowest BCUT2D eigenvalue weighted by Gasteiger charge is -2.47. The number of nitrogens with zero attached hydrogens (tertiary/aromatic N) is 4. The second-order valence-corrected chi connectivity index (χ2v) is 17.6. The van der Waals surface area contributed by atoms with Crippen molar-refractivity contribution in [1.29, 1.82) is 0 Å². The Morgan fingerprint density at radius 2 is 0.894 bits per heavy atom. The maximum absolute atomic E-state index is 5.25. The molecule has 0 saturated heterocycles. The highest BCUT2D eigenvalue weighted by Crippen LogP contribution is 2.58. The highest BCUT2D eigenvalue weighted by Gasteiger charge is 2.47. The zero-order chi connectivity index (χ0) is 44.4. The van der Waals surface area contributed by atoms with E-state index in [0.717, 1.165) is 56.4 Å². The van der Waals surface area contributed by atoms with Crippen LogP contribution in [-0.4, -0.2) is 14.5 Å². The molecule has 2 aromatic heterocycles. The SMILES string of the molecule is Cc1ccc2c(c1)C(c1ccccc1)(c1ccc3c(c1)c1ccccc1n3-c1ccccc1)c1cc(C)ccc1N2c1ccc(-c2nc(-c3ccccc3)nc(-c3ccccc3)c2C)cc1. The molecule has 314 valence electrons. The van der Waals surface area contributed by atoms with E-state index in [1.165, 1.54) is 55.2 Å². The van der Waals surface area contributed by atoms with E-state index in [4.69, 9.17) is 9.97 Å². The molecule has 11 aromatic rings. The Morgan fingerprint density at radius 1 is 0.379 bits per heavy atom. The van der Waals surface area contributed by atoms with Gasteiger partial charge in [0.15, 0.2) is 5.82 Å². The highest BCUT2D eigenvalue weighted by atomic mass is 15.2. The fraction of sp³-hybridized carbons (Fsp3) is 0.0645. The Morgan fingerprint density at radius 3 is 1.52 bits per heavy atom. The maximum Gasteiger partial charge on any atom is 0.160 e. The van der Waals surface area contributed by atoms with Crippen LogP contribution in [0.25, 0.3) is 61.4 Å². The van der Waals surface area contributed by atoms with E-state index >= 15 is 0 Å². The summed E-state index contributed by atoms with van der Waals surface area (Å²) in [6.07, 6.45) is 0. The Hall–Kier alpha value is -8.34. The number of para-hydroxylation sites is 2. The molecular formula is C62H46N4. The van der Waals surface area contributed by atoms with Crippen LogP contribution in [0.3, 0.4) is 0 Å². The minimum absolute atomic E-state index is 0.649. The molecule has 0 fully saturated rings. The number of fused-ring (bicyclic) bond motifs is 5. The van der Waals surface area contributed by atoms with Gasteiger partial charge in [0.05, 0.1) is 39.2 Å². The number of anilines is 3. The van der Waals surface area contributed by atoms with Crippen molar-refractivity contribution in [1.82, 2.24) is 14.5 Å². The lowest BCUT2D eigenvalue weighted by Crippen LogP contribution is -2.38. The molecule has 0 unspecified atom stereocenters. The largest absolute Gasteiger partial charge is 0.310 e. The highest BCUT2D eigenvalue weighted by molar-refractivity contribution is 6.10. The summed E-state index contributed by atoms with van der Waals surface area (Å²) in [5, 5.41) is 2.47. The summed E-state index contributed by atoms with van der Waals surface area (Å²) in [6.45, 7) is 6.58. The van der Waals surface area contributed by atoms with Crippen LogP contribution in [-0.2, 0) is 5.41 Å². The third-order valence-electron chi connectivity index (χ3n) is 13.5. The molecule has 9 aromatic carbocycles. The van der Waals surface area contributed by atoms with Gasteiger partial charge in [-0.1, -0.05) is 181 Å². The molecule has 1 aliphatic heterocycles. The smallest absolute Gasteiger partial charge is 0.160 e. The number of benzene rings is 9. The van der Waals surface area contributed by atoms with Crippen molar-refractivity contribution >= 4 is 38.9 Å². The van der Waals surface area contributed by atoms with Crippen molar-refractivity contribution in [2.75, 3.05) is 4.90 Å². The van der Waals surface area contributed by atoms with Crippen molar-refractivity contribution in [3.05, 3.63) is 263 Å². The van der Waals surface area contributed by atoms with Crippen LogP contribution in [0.1, 0.15) is 38.9 Å². The van der Waals surface area contributed by atoms with Crippen LogP contribution in [0.4, 0.5) is 17.1 Å². The topological polar surface area (TPSA) is 34.0 Å². The molecule has 1 aliphatic rings. The molecule has 4 nitrogen and oxygen atoms in total. The van der Waals surface area contributed by atoms with Gasteiger partial charge >= 0.3 is 0 Å². The molecule has 3 heterocycles. The third kappa shape index (κ3) is 6.21. The first-order chi connectivity index (χ1) is 32.5. The van der Waals surface area contributed by atoms with Gasteiger partial charge in [-0.15, -0.1) is 0 Å². The first kappa shape index (κ1) is 39.3. The zero-order valence-electron chi connectivity index (χ0n) is 37.2. The Labute approximate surface area is 385 Å². The number of rotatable bonds is 7. The summed E-state index contributed by atoms with van der Waals surface area (Å²) in [5.41, 5.74) is 19.6. The fourth-order valence-electron chi connectivity index (χ4n) is 10.5. The van der Waals surface area contributed by atoms with Gasteiger partial charge in [0.1, 0.15) is 0 Å². The van der Waals surface area contributed by atoms with E-state index in [2.05, 4.69) is 230 Å². The average Bonchev–Trinajstić information content (AvgIpc) is 3.71. The van der Waals surface area contributed by atoms with Crippen LogP contribution in [0.15, 0.2) is 224 Å². The lowest BCUT2D eigenvalue weighted by molar-refractivity contribution is 0.730. The van der Waals surface area contributed by atoms with Gasteiger partial charge in [-0.2, -0.15) is 0 Å². The Balaban J connectivity index is 1.07. The predicted octanol–water partition coefficient (Wildman–Crippen LogP) is 15.7. The summed E-state index contributed by atoms with van der Waals surface area (Å²) < 4.78 is 2.40. The number of hydrogen-bond donors (Lipinski definition) is 0. The van der Waals surface area contributed by atoms with Crippen LogP contribution >= 0.6 is 0 Å². The van der Waals surface area contributed by atoms with Crippen LogP contribution in [0.5, 0.6) is 0 Å². The molecule has 0 bridgehead atoms. The minimum Gasteiger partial charge on any atom is -0.310 e. The molecular weight excluding hydrogens is 801 g/mol. The van der Waals surface area contributed by atoms with Crippen LogP contribution in [0.2, 0.25) is 0 Å². The van der Waals surface area contributed by atoms with Crippen LogP contribution < -0.4 is 4.90 Å². The van der Waals surface area contributed by atoms with Gasteiger partial charge in [-0.05, 0) is 97.6 Å². The summed E-state index contributed by atoms with van der Waals surface area (Å²) >= 11 is 0. The second kappa shape index (κ2) is 15.7. The van der Waals surface area contributed by atoms with Crippen LogP contribution in [0, 0.1) is 20.8 Å². The monoisotopic (exact) mass is 846 g/mol. The van der Waals surface area contributed by atoms with E-state index in [-0.39, 0.29) is 0 Å². The van der Waals surface area contributed by atoms with E-state index in [1.54, 1.807) is 0 Å². The van der Waals surface area contributed by atoms with E-state index in [9.17, 15) is 0 Å². The Kier molecular flexibility index (Phi) is 9.35. The summed E-state index contributed by atoms with van der Waals surface area (Å²) in [6, 6.07) is 81.6.